The van der Waals surface area contributed by atoms with Gasteiger partial charge in [-0.05, 0) is 62.7 Å². The van der Waals surface area contributed by atoms with Crippen molar-refractivity contribution in [3.63, 3.8) is 0 Å². The number of piperidine rings is 1. The number of fused-ring (bicyclic) bond motifs is 2. The average molecular weight is 601 g/mol. The Kier molecular flexibility index (Phi) is 7.43. The van der Waals surface area contributed by atoms with Crippen LogP contribution in [0.2, 0.25) is 0 Å². The van der Waals surface area contributed by atoms with Gasteiger partial charge in [0.1, 0.15) is 0 Å². The zero-order chi connectivity index (χ0) is 25.3. The van der Waals surface area contributed by atoms with Gasteiger partial charge in [-0.25, -0.2) is 20.3 Å². The summed E-state index contributed by atoms with van der Waals surface area (Å²) in [7, 11) is 0. The lowest BCUT2D eigenvalue weighted by Crippen LogP contribution is -2.36. The number of alkyl halides is 1. The van der Waals surface area contributed by atoms with Gasteiger partial charge in [0.05, 0.1) is 12.2 Å². The van der Waals surface area contributed by atoms with Crippen molar-refractivity contribution in [1.29, 1.82) is 0 Å². The maximum Gasteiger partial charge on any atom is 0.278 e. The van der Waals surface area contributed by atoms with Crippen molar-refractivity contribution in [2.45, 2.75) is 37.2 Å². The summed E-state index contributed by atoms with van der Waals surface area (Å²) in [4.78, 5) is 28.9. The molecule has 1 aliphatic carbocycles. The van der Waals surface area contributed by atoms with Crippen LogP contribution in [0.15, 0.2) is 54.9 Å². The van der Waals surface area contributed by atoms with Crippen LogP contribution < -0.4 is 15.7 Å². The average Bonchev–Trinajstić information content (AvgIpc) is 3.33. The number of carbonyl (C=O) groups is 1. The molecule has 0 spiro atoms. The summed E-state index contributed by atoms with van der Waals surface area (Å²) in [6.07, 6.45) is 3.08. The Labute approximate surface area is 225 Å². The molecule has 2 fully saturated rings. The molecule has 2 N–H and O–H groups in total. The maximum atomic E-state index is 12.4. The van der Waals surface area contributed by atoms with E-state index in [1.807, 2.05) is 22.6 Å². The molecule has 1 saturated heterocycles. The maximum absolute atomic E-state index is 12.4. The highest BCUT2D eigenvalue weighted by molar-refractivity contribution is 14.1. The minimum Gasteiger partial charge on any atom is -0.340 e. The second-order valence-electron chi connectivity index (χ2n) is 10.2. The van der Waals surface area contributed by atoms with Crippen molar-refractivity contribution in [3.05, 3.63) is 66.0 Å². The highest BCUT2D eigenvalue weighted by Gasteiger charge is 2.55. The molecule has 1 amide bonds. The molecule has 8 nitrogen and oxygen atoms in total. The van der Waals surface area contributed by atoms with E-state index in [0.717, 1.165) is 19.6 Å². The van der Waals surface area contributed by atoms with Gasteiger partial charge in [-0.2, -0.15) is 0 Å². The van der Waals surface area contributed by atoms with Gasteiger partial charge in [0.15, 0.2) is 0 Å². The lowest BCUT2D eigenvalue weighted by molar-refractivity contribution is -0.177. The minimum absolute atomic E-state index is 0.342. The molecule has 0 radical (unpaired) electrons. The fourth-order valence-corrected chi connectivity index (χ4v) is 5.01. The number of hydrogen-bond acceptors (Lipinski definition) is 7. The van der Waals surface area contributed by atoms with Crippen molar-refractivity contribution in [3.8, 4) is 0 Å². The van der Waals surface area contributed by atoms with Crippen LogP contribution in [-0.4, -0.2) is 45.4 Å². The summed E-state index contributed by atoms with van der Waals surface area (Å²) in [6.45, 7) is 9.12. The van der Waals surface area contributed by atoms with Crippen molar-refractivity contribution < 1.29 is 14.4 Å². The summed E-state index contributed by atoms with van der Waals surface area (Å²) in [5, 5.41) is 6.29. The number of rotatable bonds is 10. The Hall–Kier alpha value is -2.34. The first-order valence-electron chi connectivity index (χ1n) is 12.4. The minimum atomic E-state index is -0.950. The fraction of sp³-hybridized carbons (Fsp3) is 0.444. The number of hydrogen-bond donors (Lipinski definition) is 2. The first kappa shape index (κ1) is 25.3. The topological polar surface area (TPSA) is 88.6 Å². The molecule has 1 aliphatic heterocycles. The number of anilines is 1. The molecule has 190 valence electrons. The highest BCUT2D eigenvalue weighted by atomic mass is 127. The molecule has 1 saturated carbocycles. The molecule has 36 heavy (non-hydrogen) atoms. The fourth-order valence-electron chi connectivity index (χ4n) is 4.72. The molecule has 2 aromatic carbocycles. The second kappa shape index (κ2) is 10.6. The van der Waals surface area contributed by atoms with Gasteiger partial charge in [-0.1, -0.05) is 50.2 Å². The molecule has 2 aliphatic rings. The smallest absolute Gasteiger partial charge is 0.278 e. The molecule has 1 aromatic heterocycles. The Morgan fingerprint density at radius 1 is 1.14 bits per heavy atom. The monoisotopic (exact) mass is 601 g/mol. The van der Waals surface area contributed by atoms with Crippen LogP contribution in [-0.2, 0) is 16.1 Å². The van der Waals surface area contributed by atoms with Crippen LogP contribution in [0.1, 0.15) is 36.7 Å². The normalized spacial score (nSPS) is 22.5. The number of aromatic nitrogens is 2. The summed E-state index contributed by atoms with van der Waals surface area (Å²) in [5.74, 6) is 1.84. The van der Waals surface area contributed by atoms with Crippen molar-refractivity contribution >= 4 is 45.2 Å². The predicted octanol–water partition coefficient (Wildman–Crippen LogP) is 4.30. The van der Waals surface area contributed by atoms with E-state index < -0.39 is 9.70 Å². The van der Waals surface area contributed by atoms with Crippen LogP contribution in [0.3, 0.4) is 0 Å². The number of hydroxylamine groups is 1. The molecule has 3 unspecified atom stereocenters. The third kappa shape index (κ3) is 5.96. The largest absolute Gasteiger partial charge is 0.340 e. The van der Waals surface area contributed by atoms with Crippen molar-refractivity contribution in [2.24, 2.45) is 17.8 Å². The number of halogens is 1. The van der Waals surface area contributed by atoms with Gasteiger partial charge >= 0.3 is 0 Å². The SMILES string of the molecule is CC(C)COC(C)(I)ONC(=O)c1cnc(N2CC3C(C2)C3NCc2ccc3ccccc3c2)nc1. The molecular weight excluding hydrogens is 569 g/mol. The number of carbonyl (C=O) groups excluding carboxylic acids is 1. The molecule has 2 heterocycles. The predicted molar refractivity (Wildman–Crippen MR) is 148 cm³/mol. The van der Waals surface area contributed by atoms with Crippen LogP contribution in [0.25, 0.3) is 10.8 Å². The summed E-state index contributed by atoms with van der Waals surface area (Å²) in [5.41, 5.74) is 4.09. The van der Waals surface area contributed by atoms with Gasteiger partial charge in [0, 0.05) is 45.0 Å². The van der Waals surface area contributed by atoms with E-state index >= 15 is 0 Å². The van der Waals surface area contributed by atoms with E-state index in [9.17, 15) is 4.79 Å². The first-order valence-corrected chi connectivity index (χ1v) is 13.5. The van der Waals surface area contributed by atoms with Crippen LogP contribution in [0.4, 0.5) is 5.95 Å². The molecule has 9 heteroatoms. The van der Waals surface area contributed by atoms with Gasteiger partial charge in [-0.3, -0.25) is 4.79 Å². The van der Waals surface area contributed by atoms with Crippen molar-refractivity contribution in [2.75, 3.05) is 24.6 Å². The van der Waals surface area contributed by atoms with Crippen LogP contribution in [0, 0.1) is 17.8 Å². The van der Waals surface area contributed by atoms with Crippen molar-refractivity contribution in [1.82, 2.24) is 20.8 Å². The van der Waals surface area contributed by atoms with E-state index in [0.29, 0.717) is 41.9 Å². The molecule has 3 atom stereocenters. The third-order valence-corrected chi connectivity index (χ3v) is 7.27. The first-order chi connectivity index (χ1) is 17.3. The second-order valence-corrected chi connectivity index (χ2v) is 12.1. The summed E-state index contributed by atoms with van der Waals surface area (Å²) >= 11 is 2.01. The zero-order valence-corrected chi connectivity index (χ0v) is 22.9. The number of benzene rings is 2. The number of ether oxygens (including phenoxy) is 1. The summed E-state index contributed by atoms with van der Waals surface area (Å²) < 4.78 is 4.70. The molecule has 3 aromatic rings. The van der Waals surface area contributed by atoms with Gasteiger partial charge in [-0.15, -0.1) is 0 Å². The third-order valence-electron chi connectivity index (χ3n) is 6.73. The Morgan fingerprint density at radius 2 is 1.83 bits per heavy atom. The quantitative estimate of drug-likeness (QED) is 0.155. The Balaban J connectivity index is 1.07. The molecule has 0 bridgehead atoms. The Bertz CT molecular complexity index is 1210. The van der Waals surface area contributed by atoms with E-state index in [2.05, 4.69) is 82.0 Å². The highest BCUT2D eigenvalue weighted by Crippen LogP contribution is 2.46. The summed E-state index contributed by atoms with van der Waals surface area (Å²) in [6, 6.07) is 15.7. The van der Waals surface area contributed by atoms with Crippen LogP contribution in [0.5, 0.6) is 0 Å². The van der Waals surface area contributed by atoms with E-state index in [-0.39, 0.29) is 0 Å². The van der Waals surface area contributed by atoms with Gasteiger partial charge in [0.25, 0.3) is 5.91 Å². The lowest BCUT2D eigenvalue weighted by atomic mass is 10.1. The Morgan fingerprint density at radius 3 is 2.53 bits per heavy atom. The molecular formula is C27H32IN5O3. The van der Waals surface area contributed by atoms with Crippen LogP contribution >= 0.6 is 22.6 Å². The number of amides is 1. The van der Waals surface area contributed by atoms with Gasteiger partial charge < -0.3 is 15.0 Å². The van der Waals surface area contributed by atoms with Gasteiger partial charge in [0.2, 0.25) is 9.74 Å². The lowest BCUT2D eigenvalue weighted by Gasteiger charge is -2.24. The standard InChI is InChI=1S/C27H32IN5O3/c1-17(2)16-35-27(3,28)36-32-25(34)21-12-30-26(31-13-21)33-14-22-23(15-33)24(22)29-11-18-8-9-19-6-4-5-7-20(19)10-18/h4-10,12-13,17,22-24,29H,11,14-16H2,1-3H3,(H,32,34). The van der Waals surface area contributed by atoms with E-state index in [1.165, 1.54) is 16.3 Å². The molecule has 5 rings (SSSR count). The van der Waals surface area contributed by atoms with E-state index in [4.69, 9.17) is 9.57 Å². The number of nitrogens with zero attached hydrogens (tertiary/aromatic N) is 3. The number of nitrogens with one attached hydrogen (secondary N) is 2. The zero-order valence-electron chi connectivity index (χ0n) is 20.8. The van der Waals surface area contributed by atoms with E-state index in [1.54, 1.807) is 19.3 Å².